The molecule has 114 valence electrons. The highest BCUT2D eigenvalue weighted by molar-refractivity contribution is 9.11. The van der Waals surface area contributed by atoms with Gasteiger partial charge in [0.15, 0.2) is 11.5 Å². The molecule has 0 fully saturated rings. The normalized spacial score (nSPS) is 10.4. The molecule has 0 bridgehead atoms. The van der Waals surface area contributed by atoms with Crippen molar-refractivity contribution >= 4 is 43.5 Å². The zero-order valence-corrected chi connectivity index (χ0v) is 14.1. The molecule has 0 saturated heterocycles. The molecule has 2 N–H and O–H groups in total. The summed E-state index contributed by atoms with van der Waals surface area (Å²) in [5.41, 5.74) is 4.91. The Labute approximate surface area is 140 Å². The van der Waals surface area contributed by atoms with E-state index in [0.29, 0.717) is 0 Å². The van der Waals surface area contributed by atoms with Gasteiger partial charge >= 0.3 is 5.97 Å². The Kier molecular flexibility index (Phi) is 4.53. The molecule has 1 aromatic heterocycles. The maximum atomic E-state index is 14.2. The highest BCUT2D eigenvalue weighted by Gasteiger charge is 2.26. The molecule has 0 aliphatic carbocycles. The monoisotopic (exact) mass is 433 g/mol. The van der Waals surface area contributed by atoms with Crippen molar-refractivity contribution < 1.29 is 18.3 Å². The second kappa shape index (κ2) is 6.06. The number of hydrogen-bond acceptors (Lipinski definition) is 4. The first kappa shape index (κ1) is 16.5. The Hall–Kier alpha value is -1.92. The third-order valence-corrected chi connectivity index (χ3v) is 4.18. The van der Waals surface area contributed by atoms with Crippen LogP contribution < -0.4 is 5.73 Å². The van der Waals surface area contributed by atoms with Crippen LogP contribution in [0.1, 0.15) is 16.1 Å². The van der Waals surface area contributed by atoms with Crippen LogP contribution in [0.4, 0.5) is 14.5 Å². The molecule has 5 nitrogen and oxygen atoms in total. The molecule has 0 aliphatic rings. The molecule has 1 heterocycles. The number of benzene rings is 1. The van der Waals surface area contributed by atoms with Crippen molar-refractivity contribution in [2.24, 2.45) is 0 Å². The number of carbonyl (C=O) groups is 1. The summed E-state index contributed by atoms with van der Waals surface area (Å²) in [6, 6.07) is 2.68. The molecule has 1 aromatic carbocycles. The van der Waals surface area contributed by atoms with E-state index in [0.717, 1.165) is 23.9 Å². The van der Waals surface area contributed by atoms with Gasteiger partial charge in [-0.05, 0) is 37.9 Å². The van der Waals surface area contributed by atoms with Crippen LogP contribution in [0.5, 0.6) is 0 Å². The molecule has 9 heteroatoms. The lowest BCUT2D eigenvalue weighted by molar-refractivity contribution is 0.0593. The van der Waals surface area contributed by atoms with Crippen molar-refractivity contribution in [1.29, 1.82) is 5.26 Å². The molecular formula is C13H7Br2F2N3O2. The number of anilines is 1. The van der Waals surface area contributed by atoms with Crippen molar-refractivity contribution in [3.05, 3.63) is 44.1 Å². The number of methoxy groups -OCH3 is 1. The van der Waals surface area contributed by atoms with Crippen molar-refractivity contribution in [1.82, 2.24) is 4.57 Å². The number of rotatable bonds is 2. The third-order valence-electron chi connectivity index (χ3n) is 2.87. The minimum atomic E-state index is -0.881. The minimum Gasteiger partial charge on any atom is -0.464 e. The van der Waals surface area contributed by atoms with Crippen molar-refractivity contribution in [2.75, 3.05) is 12.8 Å². The zero-order chi connectivity index (χ0) is 16.6. The predicted molar refractivity (Wildman–Crippen MR) is 81.6 cm³/mol. The minimum absolute atomic E-state index is 0.0602. The zero-order valence-electron chi connectivity index (χ0n) is 11.0. The summed E-state index contributed by atoms with van der Waals surface area (Å²) in [6.07, 6.45) is 1.14. The van der Waals surface area contributed by atoms with Gasteiger partial charge in [-0.15, -0.1) is 0 Å². The van der Waals surface area contributed by atoms with Gasteiger partial charge in [0, 0.05) is 6.20 Å². The van der Waals surface area contributed by atoms with E-state index in [-0.39, 0.29) is 31.6 Å². The van der Waals surface area contributed by atoms with Gasteiger partial charge < -0.3 is 15.0 Å². The number of nitrogens with two attached hydrogens (primary N) is 1. The fraction of sp³-hybridized carbons (Fsp3) is 0.0769. The van der Waals surface area contributed by atoms with Crippen molar-refractivity contribution in [2.45, 2.75) is 0 Å². The molecule has 0 radical (unpaired) electrons. The lowest BCUT2D eigenvalue weighted by atomic mass is 10.2. The fourth-order valence-corrected chi connectivity index (χ4v) is 3.13. The summed E-state index contributed by atoms with van der Waals surface area (Å²) >= 11 is 5.81. The van der Waals surface area contributed by atoms with Gasteiger partial charge in [-0.25, -0.2) is 13.6 Å². The van der Waals surface area contributed by atoms with Gasteiger partial charge in [-0.3, -0.25) is 0 Å². The number of carbonyl (C=O) groups excluding carboxylic acids is 1. The molecule has 0 spiro atoms. The quantitative estimate of drug-likeness (QED) is 0.445. The first-order chi connectivity index (χ1) is 10.3. The van der Waals surface area contributed by atoms with Crippen LogP contribution in [0.15, 0.2) is 21.2 Å². The van der Waals surface area contributed by atoms with Gasteiger partial charge in [0.2, 0.25) is 0 Å². The van der Waals surface area contributed by atoms with E-state index in [1.54, 1.807) is 6.07 Å². The molecule has 0 aliphatic heterocycles. The average molecular weight is 435 g/mol. The largest absolute Gasteiger partial charge is 0.464 e. The van der Waals surface area contributed by atoms with Crippen molar-refractivity contribution in [3.63, 3.8) is 0 Å². The smallest absolute Gasteiger partial charge is 0.357 e. The first-order valence-electron chi connectivity index (χ1n) is 5.66. The van der Waals surface area contributed by atoms with Crippen LogP contribution in [-0.4, -0.2) is 17.6 Å². The van der Waals surface area contributed by atoms with Crippen LogP contribution in [-0.2, 0) is 4.74 Å². The van der Waals surface area contributed by atoms with Crippen LogP contribution in [0.25, 0.3) is 5.69 Å². The van der Waals surface area contributed by atoms with E-state index in [4.69, 9.17) is 11.0 Å². The lowest BCUT2D eigenvalue weighted by Crippen LogP contribution is -2.13. The van der Waals surface area contributed by atoms with Gasteiger partial charge in [-0.1, -0.05) is 0 Å². The van der Waals surface area contributed by atoms with Gasteiger partial charge in [-0.2, -0.15) is 5.26 Å². The summed E-state index contributed by atoms with van der Waals surface area (Å²) in [6.45, 7) is 0. The van der Waals surface area contributed by atoms with E-state index in [1.165, 1.54) is 0 Å². The number of esters is 1. The number of ether oxygens (including phenoxy) is 1. The standard InChI is InChI=1S/C13H7Br2F2N3O2/c1-22-13(21)12-10(19)5(3-18)4-20(12)11-7(16)2-6(14)9(17)8(11)15/h2,4H,19H2,1H3. The molecule has 0 atom stereocenters. The molecular weight excluding hydrogens is 428 g/mol. The topological polar surface area (TPSA) is 81.0 Å². The highest BCUT2D eigenvalue weighted by atomic mass is 79.9. The van der Waals surface area contributed by atoms with Gasteiger partial charge in [0.05, 0.1) is 33.0 Å². The molecule has 2 rings (SSSR count). The molecule has 0 saturated carbocycles. The van der Waals surface area contributed by atoms with E-state index in [2.05, 4.69) is 36.6 Å². The first-order valence-corrected chi connectivity index (χ1v) is 7.24. The highest BCUT2D eigenvalue weighted by Crippen LogP contribution is 2.35. The summed E-state index contributed by atoms with van der Waals surface area (Å²) < 4.78 is 33.5. The van der Waals surface area contributed by atoms with E-state index in [1.807, 2.05) is 0 Å². The number of aromatic nitrogens is 1. The van der Waals surface area contributed by atoms with Crippen LogP contribution in [0.2, 0.25) is 0 Å². The summed E-state index contributed by atoms with van der Waals surface area (Å²) in [5.74, 6) is -2.48. The predicted octanol–water partition coefficient (Wildman–Crippen LogP) is 3.52. The second-order valence-corrected chi connectivity index (χ2v) is 5.74. The number of hydrogen-bond donors (Lipinski definition) is 1. The summed E-state index contributed by atoms with van der Waals surface area (Å²) in [7, 11) is 1.11. The Morgan fingerprint density at radius 1 is 1.45 bits per heavy atom. The Balaban J connectivity index is 2.88. The average Bonchev–Trinajstić information content (AvgIpc) is 2.80. The van der Waals surface area contributed by atoms with Crippen LogP contribution in [0, 0.1) is 23.0 Å². The van der Waals surface area contributed by atoms with Crippen LogP contribution in [0.3, 0.4) is 0 Å². The number of nitriles is 1. The molecule has 22 heavy (non-hydrogen) atoms. The van der Waals surface area contributed by atoms with E-state index < -0.39 is 17.6 Å². The SMILES string of the molecule is COC(=O)c1c(N)c(C#N)cn1-c1c(F)cc(Br)c(F)c1Br. The number of nitrogens with zero attached hydrogens (tertiary/aromatic N) is 2. The summed E-state index contributed by atoms with van der Waals surface area (Å²) in [5, 5.41) is 9.01. The van der Waals surface area contributed by atoms with E-state index >= 15 is 0 Å². The maximum Gasteiger partial charge on any atom is 0.357 e. The third kappa shape index (κ3) is 2.48. The van der Waals surface area contributed by atoms with Crippen LogP contribution >= 0.6 is 31.9 Å². The number of halogens is 4. The summed E-state index contributed by atoms with van der Waals surface area (Å²) in [4.78, 5) is 11.9. The molecule has 0 amide bonds. The lowest BCUT2D eigenvalue weighted by Gasteiger charge is -2.12. The molecule has 2 aromatic rings. The van der Waals surface area contributed by atoms with E-state index in [9.17, 15) is 13.6 Å². The Bertz CT molecular complexity index is 828. The fourth-order valence-electron chi connectivity index (χ4n) is 1.87. The molecule has 0 unspecified atom stereocenters. The maximum absolute atomic E-state index is 14.2. The second-order valence-electron chi connectivity index (χ2n) is 4.10. The van der Waals surface area contributed by atoms with Crippen molar-refractivity contribution in [3.8, 4) is 11.8 Å². The van der Waals surface area contributed by atoms with Gasteiger partial charge in [0.1, 0.15) is 11.9 Å². The Morgan fingerprint density at radius 3 is 2.64 bits per heavy atom. The van der Waals surface area contributed by atoms with Gasteiger partial charge in [0.25, 0.3) is 0 Å². The Morgan fingerprint density at radius 2 is 2.09 bits per heavy atom. The number of nitrogen functional groups attached to an aromatic ring is 1.